The van der Waals surface area contributed by atoms with Gasteiger partial charge in [-0.25, -0.2) is 10.6 Å². The number of rotatable bonds is 2. The van der Waals surface area contributed by atoms with Crippen molar-refractivity contribution in [3.63, 3.8) is 0 Å². The lowest BCUT2D eigenvalue weighted by molar-refractivity contribution is -0.121. The van der Waals surface area contributed by atoms with E-state index in [2.05, 4.69) is 10.4 Å². The molecule has 10 nitrogen and oxygen atoms in total. The Hall–Kier alpha value is -2.88. The number of carbonyl (C=O) groups excluding carboxylic acids is 1. The Labute approximate surface area is 123 Å². The Kier molecular flexibility index (Phi) is 2.92. The number of aromatic nitrogens is 5. The van der Waals surface area contributed by atoms with E-state index >= 15 is 0 Å². The monoisotopic (exact) mass is 305 g/mol. The molecular formula is C12H15N7O3. The Balaban J connectivity index is 2.45. The normalized spacial score (nSPS) is 11.5. The predicted molar refractivity (Wildman–Crippen MR) is 78.2 cm³/mol. The number of hydrogen-bond acceptors (Lipinski definition) is 5. The summed E-state index contributed by atoms with van der Waals surface area (Å²) in [5.41, 5.74) is 2.45. The lowest BCUT2D eigenvalue weighted by Gasteiger charge is -2.04. The van der Waals surface area contributed by atoms with Crippen LogP contribution in [0, 0.1) is 6.92 Å². The lowest BCUT2D eigenvalue weighted by Crippen LogP contribution is -2.37. The van der Waals surface area contributed by atoms with Crippen LogP contribution in [0.25, 0.3) is 16.9 Å². The van der Waals surface area contributed by atoms with Gasteiger partial charge < -0.3 is 4.57 Å². The highest BCUT2D eigenvalue weighted by Gasteiger charge is 2.19. The van der Waals surface area contributed by atoms with Gasteiger partial charge in [-0.3, -0.25) is 28.5 Å². The molecule has 0 aliphatic carbocycles. The number of nitrogens with two attached hydrogens (primary N) is 1. The van der Waals surface area contributed by atoms with E-state index in [0.717, 1.165) is 10.3 Å². The maximum Gasteiger partial charge on any atom is 0.332 e. The topological polar surface area (TPSA) is 121 Å². The van der Waals surface area contributed by atoms with Crippen LogP contribution in [0.15, 0.2) is 15.8 Å². The van der Waals surface area contributed by atoms with E-state index in [4.69, 9.17) is 5.84 Å². The molecule has 22 heavy (non-hydrogen) atoms. The molecule has 0 saturated carbocycles. The minimum absolute atomic E-state index is 0.0313. The fourth-order valence-corrected chi connectivity index (χ4v) is 2.51. The lowest BCUT2D eigenvalue weighted by atomic mass is 10.5. The molecule has 0 aromatic carbocycles. The van der Waals surface area contributed by atoms with Gasteiger partial charge in [0.2, 0.25) is 5.78 Å². The molecule has 0 spiro atoms. The van der Waals surface area contributed by atoms with Crippen LogP contribution in [0.3, 0.4) is 0 Å². The zero-order chi connectivity index (χ0) is 16.2. The average molecular weight is 305 g/mol. The third-order valence-electron chi connectivity index (χ3n) is 3.72. The number of hydrazine groups is 1. The number of nitrogens with zero attached hydrogens (tertiary/aromatic N) is 5. The van der Waals surface area contributed by atoms with Crippen molar-refractivity contribution in [3.8, 4) is 0 Å². The Morgan fingerprint density at radius 1 is 1.32 bits per heavy atom. The fraction of sp³-hybridized carbons (Fsp3) is 0.333. The number of hydrogen-bond donors (Lipinski definition) is 2. The van der Waals surface area contributed by atoms with Crippen LogP contribution >= 0.6 is 0 Å². The molecule has 0 bridgehead atoms. The maximum absolute atomic E-state index is 12.4. The van der Waals surface area contributed by atoms with E-state index in [-0.39, 0.29) is 17.7 Å². The van der Waals surface area contributed by atoms with Gasteiger partial charge in [-0.15, -0.1) is 0 Å². The molecule has 0 aliphatic heterocycles. The van der Waals surface area contributed by atoms with Crippen molar-refractivity contribution in [2.45, 2.75) is 13.5 Å². The Bertz CT molecular complexity index is 1030. The van der Waals surface area contributed by atoms with Gasteiger partial charge in [-0.1, -0.05) is 0 Å². The highest BCUT2D eigenvalue weighted by Crippen LogP contribution is 2.15. The van der Waals surface area contributed by atoms with E-state index in [0.29, 0.717) is 5.78 Å². The second-order valence-electron chi connectivity index (χ2n) is 5.08. The molecule has 0 radical (unpaired) electrons. The van der Waals surface area contributed by atoms with Crippen molar-refractivity contribution in [1.29, 1.82) is 0 Å². The third kappa shape index (κ3) is 1.70. The second-order valence-corrected chi connectivity index (χ2v) is 5.08. The molecular weight excluding hydrogens is 290 g/mol. The fourth-order valence-electron chi connectivity index (χ4n) is 2.51. The highest BCUT2D eigenvalue weighted by atomic mass is 16.2. The van der Waals surface area contributed by atoms with Gasteiger partial charge in [0.1, 0.15) is 6.54 Å². The van der Waals surface area contributed by atoms with E-state index in [9.17, 15) is 14.4 Å². The number of imidazole rings is 2. The van der Waals surface area contributed by atoms with Gasteiger partial charge in [0.25, 0.3) is 11.5 Å². The summed E-state index contributed by atoms with van der Waals surface area (Å²) in [6.45, 7) is 1.76. The molecule has 116 valence electrons. The van der Waals surface area contributed by atoms with E-state index in [1.165, 1.54) is 11.6 Å². The summed E-state index contributed by atoms with van der Waals surface area (Å²) in [6, 6.07) is 0. The Morgan fingerprint density at radius 2 is 2.00 bits per heavy atom. The molecule has 0 atom stereocenters. The summed E-state index contributed by atoms with van der Waals surface area (Å²) in [4.78, 5) is 40.2. The van der Waals surface area contributed by atoms with E-state index in [1.807, 2.05) is 0 Å². The van der Waals surface area contributed by atoms with E-state index in [1.54, 1.807) is 29.1 Å². The van der Waals surface area contributed by atoms with Crippen molar-refractivity contribution in [2.75, 3.05) is 0 Å². The SMILES string of the molecule is Cc1cn2c3c(=O)n(C)c(=O)n(C)c3nc2n1CC(=O)NN. The summed E-state index contributed by atoms with van der Waals surface area (Å²) in [5, 5.41) is 0. The van der Waals surface area contributed by atoms with E-state index < -0.39 is 17.2 Å². The molecule has 3 heterocycles. The van der Waals surface area contributed by atoms with Crippen molar-refractivity contribution in [2.24, 2.45) is 19.9 Å². The first kappa shape index (κ1) is 14.1. The number of amides is 1. The molecule has 3 aromatic rings. The summed E-state index contributed by atoms with van der Waals surface area (Å²) >= 11 is 0. The van der Waals surface area contributed by atoms with Gasteiger partial charge >= 0.3 is 5.69 Å². The minimum atomic E-state index is -0.457. The first-order valence-electron chi connectivity index (χ1n) is 6.50. The van der Waals surface area contributed by atoms with Gasteiger partial charge in [-0.2, -0.15) is 4.98 Å². The summed E-state index contributed by atoms with van der Waals surface area (Å²) < 4.78 is 5.52. The van der Waals surface area contributed by atoms with Crippen LogP contribution in [-0.4, -0.2) is 29.0 Å². The predicted octanol–water partition coefficient (Wildman–Crippen LogP) is -2.02. The summed E-state index contributed by atoms with van der Waals surface area (Å²) in [5.74, 6) is 5.11. The van der Waals surface area contributed by atoms with Crippen molar-refractivity contribution < 1.29 is 4.79 Å². The van der Waals surface area contributed by atoms with Gasteiger partial charge in [0.05, 0.1) is 0 Å². The maximum atomic E-state index is 12.4. The summed E-state index contributed by atoms with van der Waals surface area (Å²) in [6.07, 6.45) is 1.69. The van der Waals surface area contributed by atoms with Crippen LogP contribution in [0.2, 0.25) is 0 Å². The number of carbonyl (C=O) groups is 1. The molecule has 3 aromatic heterocycles. The van der Waals surface area contributed by atoms with Crippen LogP contribution in [0.5, 0.6) is 0 Å². The molecule has 0 aliphatic rings. The molecule has 0 saturated heterocycles. The van der Waals surface area contributed by atoms with Crippen molar-refractivity contribution >= 4 is 22.8 Å². The largest absolute Gasteiger partial charge is 0.332 e. The van der Waals surface area contributed by atoms with Crippen molar-refractivity contribution in [3.05, 3.63) is 32.7 Å². The summed E-state index contributed by atoms with van der Waals surface area (Å²) in [7, 11) is 2.95. The quantitative estimate of drug-likeness (QED) is 0.322. The molecule has 0 unspecified atom stereocenters. The number of fused-ring (bicyclic) bond motifs is 3. The number of nitrogens with one attached hydrogen (secondary N) is 1. The van der Waals surface area contributed by atoms with Crippen LogP contribution in [0.4, 0.5) is 0 Å². The van der Waals surface area contributed by atoms with Crippen LogP contribution in [-0.2, 0) is 25.4 Å². The smallest absolute Gasteiger partial charge is 0.305 e. The molecule has 3 rings (SSSR count). The average Bonchev–Trinajstić information content (AvgIpc) is 2.99. The first-order valence-corrected chi connectivity index (χ1v) is 6.50. The van der Waals surface area contributed by atoms with Crippen LogP contribution < -0.4 is 22.5 Å². The van der Waals surface area contributed by atoms with Gasteiger partial charge in [-0.05, 0) is 6.92 Å². The molecule has 3 N–H and O–H groups in total. The zero-order valence-corrected chi connectivity index (χ0v) is 12.3. The third-order valence-corrected chi connectivity index (χ3v) is 3.72. The Morgan fingerprint density at radius 3 is 2.64 bits per heavy atom. The van der Waals surface area contributed by atoms with Gasteiger partial charge in [0.15, 0.2) is 11.2 Å². The van der Waals surface area contributed by atoms with Gasteiger partial charge in [0, 0.05) is 26.0 Å². The first-order chi connectivity index (χ1) is 10.4. The molecule has 1 amide bonds. The standard InChI is InChI=1S/C12H15N7O3/c1-6-4-19-8-9(16(2)12(22)17(3)10(8)21)14-11(19)18(6)5-7(20)15-13/h4H,5,13H2,1-3H3,(H,15,20). The van der Waals surface area contributed by atoms with Crippen molar-refractivity contribution in [1.82, 2.24) is 28.5 Å². The highest BCUT2D eigenvalue weighted by molar-refractivity contribution is 5.78. The van der Waals surface area contributed by atoms with Crippen LogP contribution in [0.1, 0.15) is 5.69 Å². The second kappa shape index (κ2) is 4.56. The molecule has 0 fully saturated rings. The number of aryl methyl sites for hydroxylation is 2. The zero-order valence-electron chi connectivity index (χ0n) is 12.3. The minimum Gasteiger partial charge on any atom is -0.305 e. The molecule has 10 heteroatoms.